The molecule has 0 spiro atoms. The zero-order valence-corrected chi connectivity index (χ0v) is 16.3. The maximum Gasteiger partial charge on any atom is 0.253 e. The van der Waals surface area contributed by atoms with Crippen molar-refractivity contribution in [1.82, 2.24) is 9.80 Å². The minimum Gasteiger partial charge on any atom is -0.489 e. The van der Waals surface area contributed by atoms with Gasteiger partial charge in [-0.3, -0.25) is 9.59 Å². The number of hydrogen-bond acceptors (Lipinski definition) is 5. The number of carbonyl (C=O) groups is 2. The fourth-order valence-electron chi connectivity index (χ4n) is 2.99. The third-order valence-corrected chi connectivity index (χ3v) is 4.68. The fraction of sp³-hybridized carbons (Fsp3) is 0.579. The Morgan fingerprint density at radius 3 is 2.69 bits per heavy atom. The van der Waals surface area contributed by atoms with Crippen LogP contribution in [0.15, 0.2) is 18.2 Å². The van der Waals surface area contributed by atoms with Gasteiger partial charge in [0.25, 0.3) is 5.91 Å². The lowest BCUT2D eigenvalue weighted by Gasteiger charge is -2.36. The van der Waals surface area contributed by atoms with Crippen molar-refractivity contribution in [3.05, 3.63) is 23.8 Å². The standard InChI is InChI=1S/C19H29N3O4/c1-6-22(9-10-25-5)18(23)12-15-13-26-17-8-7-14(19(24)20(2)3)11-16(17)21(15)4/h7-8,11,15H,6,9-10,12-13H2,1-5H3/t15-/m0/s1. The molecule has 1 aliphatic heterocycles. The molecule has 1 aromatic rings. The van der Waals surface area contributed by atoms with E-state index in [-0.39, 0.29) is 17.9 Å². The number of methoxy groups -OCH3 is 1. The predicted molar refractivity (Wildman–Crippen MR) is 101 cm³/mol. The Morgan fingerprint density at radius 2 is 2.08 bits per heavy atom. The number of fused-ring (bicyclic) bond motifs is 1. The summed E-state index contributed by atoms with van der Waals surface area (Å²) in [4.78, 5) is 30.2. The van der Waals surface area contributed by atoms with E-state index in [1.807, 2.05) is 31.0 Å². The second-order valence-corrected chi connectivity index (χ2v) is 6.63. The first kappa shape index (κ1) is 20.0. The molecule has 0 bridgehead atoms. The molecule has 2 amide bonds. The van der Waals surface area contributed by atoms with E-state index in [0.717, 1.165) is 11.4 Å². The molecule has 0 N–H and O–H groups in total. The van der Waals surface area contributed by atoms with E-state index >= 15 is 0 Å². The van der Waals surface area contributed by atoms with Gasteiger partial charge in [0.15, 0.2) is 0 Å². The van der Waals surface area contributed by atoms with Crippen molar-refractivity contribution in [3.63, 3.8) is 0 Å². The predicted octanol–water partition coefficient (Wildman–Crippen LogP) is 1.47. The third-order valence-electron chi connectivity index (χ3n) is 4.68. The number of carbonyl (C=O) groups excluding carboxylic acids is 2. The fourth-order valence-corrected chi connectivity index (χ4v) is 2.99. The van der Waals surface area contributed by atoms with Gasteiger partial charge in [-0.1, -0.05) is 0 Å². The molecular formula is C19H29N3O4. The summed E-state index contributed by atoms with van der Waals surface area (Å²) in [5.41, 5.74) is 1.44. The SMILES string of the molecule is CCN(CCOC)C(=O)C[C@H]1COc2ccc(C(=O)N(C)C)cc2N1C. The van der Waals surface area contributed by atoms with Gasteiger partial charge in [-0.15, -0.1) is 0 Å². The highest BCUT2D eigenvalue weighted by molar-refractivity contribution is 5.95. The lowest BCUT2D eigenvalue weighted by atomic mass is 10.1. The Kier molecular flexibility index (Phi) is 6.85. The molecule has 0 saturated heterocycles. The summed E-state index contributed by atoms with van der Waals surface area (Å²) < 4.78 is 10.9. The van der Waals surface area contributed by atoms with Crippen LogP contribution in [-0.4, -0.2) is 82.2 Å². The van der Waals surface area contributed by atoms with Crippen LogP contribution in [0.2, 0.25) is 0 Å². The van der Waals surface area contributed by atoms with Gasteiger partial charge in [-0.25, -0.2) is 0 Å². The smallest absolute Gasteiger partial charge is 0.253 e. The van der Waals surface area contributed by atoms with Crippen LogP contribution in [0.4, 0.5) is 5.69 Å². The van der Waals surface area contributed by atoms with Gasteiger partial charge in [0.1, 0.15) is 12.4 Å². The van der Waals surface area contributed by atoms with Crippen molar-refractivity contribution < 1.29 is 19.1 Å². The number of hydrogen-bond donors (Lipinski definition) is 0. The van der Waals surface area contributed by atoms with Crippen LogP contribution in [0.5, 0.6) is 5.75 Å². The van der Waals surface area contributed by atoms with Crippen LogP contribution in [0.25, 0.3) is 0 Å². The molecule has 26 heavy (non-hydrogen) atoms. The summed E-state index contributed by atoms with van der Waals surface area (Å²) in [6.07, 6.45) is 0.360. The average molecular weight is 363 g/mol. The molecule has 144 valence electrons. The first-order valence-corrected chi connectivity index (χ1v) is 8.87. The van der Waals surface area contributed by atoms with Gasteiger partial charge in [-0.2, -0.15) is 0 Å². The van der Waals surface area contributed by atoms with Crippen molar-refractivity contribution in [2.75, 3.05) is 59.5 Å². The monoisotopic (exact) mass is 363 g/mol. The van der Waals surface area contributed by atoms with E-state index in [0.29, 0.717) is 38.3 Å². The Labute approximate surface area is 155 Å². The van der Waals surface area contributed by atoms with E-state index in [4.69, 9.17) is 9.47 Å². The topological polar surface area (TPSA) is 62.3 Å². The molecule has 1 atom stereocenters. The number of likely N-dealkylation sites (N-methyl/N-ethyl adjacent to an activating group) is 2. The Morgan fingerprint density at radius 1 is 1.35 bits per heavy atom. The highest BCUT2D eigenvalue weighted by atomic mass is 16.5. The summed E-state index contributed by atoms with van der Waals surface area (Å²) in [7, 11) is 7.02. The summed E-state index contributed by atoms with van der Waals surface area (Å²) >= 11 is 0. The van der Waals surface area contributed by atoms with Crippen LogP contribution in [0, 0.1) is 0 Å². The number of benzene rings is 1. The van der Waals surface area contributed by atoms with E-state index in [2.05, 4.69) is 0 Å². The van der Waals surface area contributed by atoms with E-state index < -0.39 is 0 Å². The van der Waals surface area contributed by atoms with E-state index in [9.17, 15) is 9.59 Å². The number of rotatable bonds is 7. The van der Waals surface area contributed by atoms with Crippen molar-refractivity contribution >= 4 is 17.5 Å². The molecule has 0 saturated carbocycles. The molecule has 7 nitrogen and oxygen atoms in total. The molecule has 1 heterocycles. The van der Waals surface area contributed by atoms with Gasteiger partial charge in [0.2, 0.25) is 5.91 Å². The van der Waals surface area contributed by atoms with Crippen LogP contribution in [0.3, 0.4) is 0 Å². The van der Waals surface area contributed by atoms with Crippen molar-refractivity contribution in [1.29, 1.82) is 0 Å². The van der Waals surface area contributed by atoms with Gasteiger partial charge in [0, 0.05) is 46.9 Å². The highest BCUT2D eigenvalue weighted by Gasteiger charge is 2.29. The van der Waals surface area contributed by atoms with Crippen molar-refractivity contribution in [2.45, 2.75) is 19.4 Å². The normalized spacial score (nSPS) is 15.9. The number of anilines is 1. The molecule has 1 aliphatic rings. The lowest BCUT2D eigenvalue weighted by molar-refractivity contribution is -0.132. The summed E-state index contributed by atoms with van der Waals surface area (Å²) in [6, 6.07) is 5.34. The van der Waals surface area contributed by atoms with E-state index in [1.54, 1.807) is 37.1 Å². The summed E-state index contributed by atoms with van der Waals surface area (Å²) in [5.74, 6) is 0.753. The van der Waals surface area contributed by atoms with E-state index in [1.165, 1.54) is 0 Å². The molecule has 7 heteroatoms. The van der Waals surface area contributed by atoms with Crippen molar-refractivity contribution in [2.24, 2.45) is 0 Å². The third kappa shape index (κ3) is 4.46. The highest BCUT2D eigenvalue weighted by Crippen LogP contribution is 2.34. The Hall–Kier alpha value is -2.28. The first-order chi connectivity index (χ1) is 12.4. The van der Waals surface area contributed by atoms with Gasteiger partial charge in [-0.05, 0) is 25.1 Å². The molecule has 0 aromatic heterocycles. The lowest BCUT2D eigenvalue weighted by Crippen LogP contribution is -2.45. The largest absolute Gasteiger partial charge is 0.489 e. The Balaban J connectivity index is 2.12. The zero-order valence-electron chi connectivity index (χ0n) is 16.3. The van der Waals surface area contributed by atoms with Crippen LogP contribution in [-0.2, 0) is 9.53 Å². The zero-order chi connectivity index (χ0) is 19.3. The molecular weight excluding hydrogens is 334 g/mol. The molecule has 2 rings (SSSR count). The van der Waals surface area contributed by atoms with Gasteiger partial charge in [0.05, 0.1) is 24.8 Å². The summed E-state index contributed by atoms with van der Waals surface area (Å²) in [5, 5.41) is 0. The molecule has 1 aromatic carbocycles. The first-order valence-electron chi connectivity index (χ1n) is 8.87. The second-order valence-electron chi connectivity index (χ2n) is 6.63. The quantitative estimate of drug-likeness (QED) is 0.734. The second kappa shape index (κ2) is 8.89. The minimum atomic E-state index is -0.0729. The van der Waals surface area contributed by atoms with Gasteiger partial charge < -0.3 is 24.2 Å². The molecule has 0 radical (unpaired) electrons. The number of amides is 2. The molecule has 0 unspecified atom stereocenters. The maximum absolute atomic E-state index is 12.6. The average Bonchev–Trinajstić information content (AvgIpc) is 2.63. The van der Waals surface area contributed by atoms with Crippen LogP contribution < -0.4 is 9.64 Å². The van der Waals surface area contributed by atoms with Crippen molar-refractivity contribution in [3.8, 4) is 5.75 Å². The Bertz CT molecular complexity index is 648. The summed E-state index contributed by atoms with van der Waals surface area (Å²) in [6.45, 7) is 4.16. The van der Waals surface area contributed by atoms with Crippen LogP contribution in [0.1, 0.15) is 23.7 Å². The maximum atomic E-state index is 12.6. The number of nitrogens with zero attached hydrogens (tertiary/aromatic N) is 3. The number of ether oxygens (including phenoxy) is 2. The molecule has 0 aliphatic carbocycles. The van der Waals surface area contributed by atoms with Crippen LogP contribution >= 0.6 is 0 Å². The minimum absolute atomic E-state index is 0.0591. The van der Waals surface area contributed by atoms with Gasteiger partial charge >= 0.3 is 0 Å². The molecule has 0 fully saturated rings.